The summed E-state index contributed by atoms with van der Waals surface area (Å²) in [5, 5.41) is 9.35. The van der Waals surface area contributed by atoms with Crippen LogP contribution >= 0.6 is 0 Å². The highest BCUT2D eigenvalue weighted by Gasteiger charge is 2.27. The molecule has 0 aliphatic heterocycles. The van der Waals surface area contributed by atoms with Gasteiger partial charge in [0.2, 0.25) is 0 Å². The van der Waals surface area contributed by atoms with Crippen LogP contribution in [0, 0.1) is 0 Å². The first-order valence-electron chi connectivity index (χ1n) is 10.9. The first-order chi connectivity index (χ1) is 14.8. The molecule has 0 radical (unpaired) electrons. The predicted octanol–water partition coefficient (Wildman–Crippen LogP) is 5.22. The quantitative estimate of drug-likeness (QED) is 0.571. The molecule has 0 unspecified atom stereocenters. The molecule has 1 atom stereocenters. The van der Waals surface area contributed by atoms with Crippen LogP contribution in [-0.2, 0) is 30.3 Å². The molecule has 162 valence electrons. The van der Waals surface area contributed by atoms with Gasteiger partial charge in [0.1, 0.15) is 18.2 Å². The summed E-state index contributed by atoms with van der Waals surface area (Å²) in [6.07, 6.45) is 7.14. The van der Waals surface area contributed by atoms with Crippen molar-refractivity contribution >= 4 is 5.97 Å². The lowest BCUT2D eigenvalue weighted by molar-refractivity contribution is -0.137. The van der Waals surface area contributed by atoms with Crippen molar-refractivity contribution in [2.75, 3.05) is 0 Å². The van der Waals surface area contributed by atoms with Gasteiger partial charge in [0.15, 0.2) is 0 Å². The second-order valence-electron chi connectivity index (χ2n) is 9.13. The standard InChI is InChI=1S/C26H30N2O3/c1-26(2)12-4-5-20-15-18(6-11-23(20)26)17-31-21-9-7-19(8-10-21)22(16-24(29)30)25-27-13-14-28(25)3/h6-11,13-15,22H,4-5,12,16-17H2,1-3H3,(H,29,30)/t22-/m0/s1. The molecule has 1 aromatic heterocycles. The average Bonchev–Trinajstić information content (AvgIpc) is 3.16. The van der Waals surface area contributed by atoms with Gasteiger partial charge < -0.3 is 14.4 Å². The van der Waals surface area contributed by atoms with E-state index < -0.39 is 5.97 Å². The van der Waals surface area contributed by atoms with Crippen LogP contribution in [0.1, 0.15) is 67.1 Å². The zero-order valence-electron chi connectivity index (χ0n) is 18.5. The van der Waals surface area contributed by atoms with E-state index in [0.29, 0.717) is 6.61 Å². The van der Waals surface area contributed by atoms with Gasteiger partial charge in [-0.25, -0.2) is 4.98 Å². The summed E-state index contributed by atoms with van der Waals surface area (Å²) in [4.78, 5) is 15.8. The van der Waals surface area contributed by atoms with Gasteiger partial charge >= 0.3 is 5.97 Å². The maximum absolute atomic E-state index is 11.4. The van der Waals surface area contributed by atoms with E-state index in [9.17, 15) is 9.90 Å². The van der Waals surface area contributed by atoms with Gasteiger partial charge in [-0.2, -0.15) is 0 Å². The average molecular weight is 419 g/mol. The van der Waals surface area contributed by atoms with Gasteiger partial charge in [0.25, 0.3) is 0 Å². The zero-order chi connectivity index (χ0) is 22.0. The number of carboxylic acid groups (broad SMARTS) is 1. The Morgan fingerprint density at radius 1 is 1.23 bits per heavy atom. The van der Waals surface area contributed by atoms with Crippen LogP contribution in [0.3, 0.4) is 0 Å². The number of rotatable bonds is 7. The predicted molar refractivity (Wildman–Crippen MR) is 120 cm³/mol. The number of fused-ring (bicyclic) bond motifs is 1. The molecule has 5 nitrogen and oxygen atoms in total. The Labute approximate surface area is 183 Å². The largest absolute Gasteiger partial charge is 0.489 e. The third kappa shape index (κ3) is 4.66. The first-order valence-corrected chi connectivity index (χ1v) is 10.9. The van der Waals surface area contributed by atoms with Crippen LogP contribution in [0.5, 0.6) is 5.75 Å². The Bertz CT molecular complexity index is 1070. The molecule has 0 fully saturated rings. The monoisotopic (exact) mass is 418 g/mol. The maximum Gasteiger partial charge on any atom is 0.304 e. The molecular formula is C26H30N2O3. The molecule has 1 aliphatic rings. The fourth-order valence-corrected chi connectivity index (χ4v) is 4.67. The summed E-state index contributed by atoms with van der Waals surface area (Å²) in [5.74, 6) is 0.378. The topological polar surface area (TPSA) is 64.4 Å². The number of aromatic nitrogens is 2. The fourth-order valence-electron chi connectivity index (χ4n) is 4.67. The van der Waals surface area contributed by atoms with E-state index in [1.807, 2.05) is 42.1 Å². The summed E-state index contributed by atoms with van der Waals surface area (Å²) in [6.45, 7) is 5.17. The lowest BCUT2D eigenvalue weighted by atomic mass is 9.72. The van der Waals surface area contributed by atoms with E-state index in [0.717, 1.165) is 23.6 Å². The lowest BCUT2D eigenvalue weighted by Crippen LogP contribution is -2.23. The molecule has 0 amide bonds. The van der Waals surface area contributed by atoms with Crippen LogP contribution in [0.4, 0.5) is 0 Å². The van der Waals surface area contributed by atoms with Gasteiger partial charge in [0.05, 0.1) is 12.3 Å². The molecule has 0 bridgehead atoms. The molecule has 2 aromatic carbocycles. The Morgan fingerprint density at radius 2 is 2.00 bits per heavy atom. The van der Waals surface area contributed by atoms with E-state index in [1.165, 1.54) is 29.5 Å². The number of aryl methyl sites for hydroxylation is 2. The molecule has 4 rings (SSSR count). The number of ether oxygens (including phenoxy) is 1. The van der Waals surface area contributed by atoms with E-state index in [1.54, 1.807) is 6.20 Å². The molecule has 1 heterocycles. The van der Waals surface area contributed by atoms with E-state index >= 15 is 0 Å². The first kappa shape index (κ1) is 21.2. The minimum absolute atomic E-state index is 0.00344. The lowest BCUT2D eigenvalue weighted by Gasteiger charge is -2.32. The van der Waals surface area contributed by atoms with Gasteiger partial charge in [0, 0.05) is 19.4 Å². The molecule has 0 saturated heterocycles. The van der Waals surface area contributed by atoms with Gasteiger partial charge in [-0.3, -0.25) is 4.79 Å². The third-order valence-corrected chi connectivity index (χ3v) is 6.38. The highest BCUT2D eigenvalue weighted by molar-refractivity contribution is 5.68. The number of aliphatic carboxylic acids is 1. The minimum atomic E-state index is -0.844. The molecular weight excluding hydrogens is 388 g/mol. The highest BCUT2D eigenvalue weighted by atomic mass is 16.5. The number of hydrogen-bond donors (Lipinski definition) is 1. The number of carbonyl (C=O) groups is 1. The highest BCUT2D eigenvalue weighted by Crippen LogP contribution is 2.37. The third-order valence-electron chi connectivity index (χ3n) is 6.38. The Kier molecular flexibility index (Phi) is 5.86. The van der Waals surface area contributed by atoms with Gasteiger partial charge in [-0.15, -0.1) is 0 Å². The number of nitrogens with zero attached hydrogens (tertiary/aromatic N) is 2. The summed E-state index contributed by atoms with van der Waals surface area (Å²) in [5.41, 5.74) is 5.25. The van der Waals surface area contributed by atoms with Crippen molar-refractivity contribution in [2.24, 2.45) is 7.05 Å². The SMILES string of the molecule is Cn1ccnc1[C@@H](CC(=O)O)c1ccc(OCc2ccc3c(c2)CCCC3(C)C)cc1. The number of imidazole rings is 1. The number of hydrogen-bond acceptors (Lipinski definition) is 3. The number of benzene rings is 2. The summed E-state index contributed by atoms with van der Waals surface area (Å²) < 4.78 is 7.90. The Hall–Kier alpha value is -3.08. The Morgan fingerprint density at radius 3 is 2.68 bits per heavy atom. The van der Waals surface area contributed by atoms with Crippen molar-refractivity contribution < 1.29 is 14.6 Å². The molecule has 3 aromatic rings. The van der Waals surface area contributed by atoms with E-state index in [-0.39, 0.29) is 17.8 Å². The second-order valence-corrected chi connectivity index (χ2v) is 9.13. The van der Waals surface area contributed by atoms with Crippen LogP contribution in [0.15, 0.2) is 54.9 Å². The van der Waals surface area contributed by atoms with Crippen LogP contribution in [0.25, 0.3) is 0 Å². The summed E-state index contributed by atoms with van der Waals surface area (Å²) in [7, 11) is 1.88. The normalized spacial score (nSPS) is 15.8. The van der Waals surface area contributed by atoms with Crippen molar-refractivity contribution in [1.29, 1.82) is 0 Å². The second kappa shape index (κ2) is 8.58. The van der Waals surface area contributed by atoms with Crippen LogP contribution in [0.2, 0.25) is 0 Å². The van der Waals surface area contributed by atoms with Gasteiger partial charge in [-0.1, -0.05) is 44.2 Å². The smallest absolute Gasteiger partial charge is 0.304 e. The van der Waals surface area contributed by atoms with Gasteiger partial charge in [-0.05, 0) is 59.1 Å². The van der Waals surface area contributed by atoms with Crippen molar-refractivity contribution in [3.63, 3.8) is 0 Å². The zero-order valence-corrected chi connectivity index (χ0v) is 18.5. The molecule has 5 heteroatoms. The molecule has 0 spiro atoms. The summed E-state index contributed by atoms with van der Waals surface area (Å²) in [6, 6.07) is 14.4. The molecule has 1 N–H and O–H groups in total. The van der Waals surface area contributed by atoms with Crippen molar-refractivity contribution in [1.82, 2.24) is 9.55 Å². The van der Waals surface area contributed by atoms with Crippen molar-refractivity contribution in [2.45, 2.75) is 57.5 Å². The van der Waals surface area contributed by atoms with Crippen LogP contribution < -0.4 is 4.74 Å². The molecule has 31 heavy (non-hydrogen) atoms. The van der Waals surface area contributed by atoms with Crippen molar-refractivity contribution in [3.8, 4) is 5.75 Å². The minimum Gasteiger partial charge on any atom is -0.489 e. The van der Waals surface area contributed by atoms with Crippen molar-refractivity contribution in [3.05, 3.63) is 82.9 Å². The van der Waals surface area contributed by atoms with Crippen LogP contribution in [-0.4, -0.2) is 20.6 Å². The molecule has 1 aliphatic carbocycles. The summed E-state index contributed by atoms with van der Waals surface area (Å²) >= 11 is 0. The fraction of sp³-hybridized carbons (Fsp3) is 0.385. The Balaban J connectivity index is 1.46. The van der Waals surface area contributed by atoms with E-state index in [2.05, 4.69) is 37.0 Å². The maximum atomic E-state index is 11.4. The molecule has 0 saturated carbocycles. The number of carboxylic acids is 1. The van der Waals surface area contributed by atoms with E-state index in [4.69, 9.17) is 4.74 Å².